The smallest absolute Gasteiger partial charge is 0.179 e. The lowest BCUT2D eigenvalue weighted by Crippen LogP contribution is -2.74. The Hall–Kier alpha value is -9.52. The van der Waals surface area contributed by atoms with E-state index in [1.54, 1.807) is 0 Å². The molecule has 360 valence electrons. The summed E-state index contributed by atoms with van der Waals surface area (Å²) >= 11 is 1.87. The number of para-hydroxylation sites is 3. The zero-order valence-corrected chi connectivity index (χ0v) is 43.7. The first-order valence-electron chi connectivity index (χ1n) is 26.5. The van der Waals surface area contributed by atoms with E-state index in [1.807, 2.05) is 11.3 Å². The largest absolute Gasteiger partial charge is 0.309 e. The van der Waals surface area contributed by atoms with Crippen LogP contribution in [0.1, 0.15) is 0 Å². The summed E-state index contributed by atoms with van der Waals surface area (Å²) in [4.78, 5) is 0. The van der Waals surface area contributed by atoms with E-state index in [-0.39, 0.29) is 0 Å². The van der Waals surface area contributed by atoms with Gasteiger partial charge in [0.2, 0.25) is 0 Å². The molecule has 0 unspecified atom stereocenters. The van der Waals surface area contributed by atoms with Gasteiger partial charge in [-0.3, -0.25) is 0 Å². The SMILES string of the molecule is c1ccc([Si](c2ccccc2)(c2ccccc2)c2cccc(-n3c4ccccc4c4cc(-n5c6ccc(-n7c8ccccc8c8ccccc87)cc6c6ccc(-c7cccc8sc9ccccc9c78)cc65)ccc43)c2)cc1. The van der Waals surface area contributed by atoms with Gasteiger partial charge in [-0.05, 0) is 117 Å². The van der Waals surface area contributed by atoms with Crippen LogP contribution in [-0.4, -0.2) is 21.8 Å². The summed E-state index contributed by atoms with van der Waals surface area (Å²) in [6, 6.07) is 107. The van der Waals surface area contributed by atoms with E-state index < -0.39 is 8.07 Å². The molecule has 4 heterocycles. The maximum atomic E-state index is 2.52. The van der Waals surface area contributed by atoms with Gasteiger partial charge in [0.05, 0.1) is 33.1 Å². The van der Waals surface area contributed by atoms with Crippen LogP contribution >= 0.6 is 11.3 Å². The molecule has 0 saturated carbocycles. The number of aromatic nitrogens is 3. The highest BCUT2D eigenvalue weighted by atomic mass is 32.1. The van der Waals surface area contributed by atoms with Gasteiger partial charge in [0, 0.05) is 69.6 Å². The summed E-state index contributed by atoms with van der Waals surface area (Å²) in [6.07, 6.45) is 0. The summed E-state index contributed by atoms with van der Waals surface area (Å²) in [5.41, 5.74) is 13.0. The summed E-state index contributed by atoms with van der Waals surface area (Å²) in [5, 5.41) is 15.4. The molecule has 16 aromatic rings. The Morgan fingerprint density at radius 2 is 0.662 bits per heavy atom. The van der Waals surface area contributed by atoms with Crippen LogP contribution in [0.2, 0.25) is 0 Å². The molecule has 5 heteroatoms. The van der Waals surface area contributed by atoms with Crippen molar-refractivity contribution in [2.45, 2.75) is 0 Å². The molecular formula is C72H47N3SSi. The van der Waals surface area contributed by atoms with E-state index >= 15 is 0 Å². The third kappa shape index (κ3) is 6.55. The summed E-state index contributed by atoms with van der Waals surface area (Å²) in [7, 11) is -2.80. The molecule has 3 nitrogen and oxygen atoms in total. The molecule has 0 atom stereocenters. The van der Waals surface area contributed by atoms with Crippen molar-refractivity contribution in [1.29, 1.82) is 0 Å². The van der Waals surface area contributed by atoms with Crippen molar-refractivity contribution < 1.29 is 0 Å². The number of nitrogens with zero attached hydrogens (tertiary/aromatic N) is 3. The third-order valence-electron chi connectivity index (χ3n) is 16.4. The number of rotatable bonds is 8. The van der Waals surface area contributed by atoms with Gasteiger partial charge in [0.1, 0.15) is 0 Å². The average Bonchev–Trinajstić information content (AvgIpc) is 4.34. The Balaban J connectivity index is 0.930. The Morgan fingerprint density at radius 1 is 0.247 bits per heavy atom. The van der Waals surface area contributed by atoms with Gasteiger partial charge in [0.15, 0.2) is 8.07 Å². The van der Waals surface area contributed by atoms with Gasteiger partial charge in [0.25, 0.3) is 0 Å². The van der Waals surface area contributed by atoms with Gasteiger partial charge in [-0.25, -0.2) is 0 Å². The van der Waals surface area contributed by atoms with E-state index in [0.29, 0.717) is 0 Å². The van der Waals surface area contributed by atoms with Crippen LogP contribution in [-0.2, 0) is 0 Å². The number of thiophene rings is 1. The number of hydrogen-bond donors (Lipinski definition) is 0. The van der Waals surface area contributed by atoms with Gasteiger partial charge >= 0.3 is 0 Å². The van der Waals surface area contributed by atoms with E-state index in [9.17, 15) is 0 Å². The van der Waals surface area contributed by atoms with Crippen molar-refractivity contribution in [3.63, 3.8) is 0 Å². The van der Waals surface area contributed by atoms with Crippen molar-refractivity contribution in [1.82, 2.24) is 13.7 Å². The molecule has 0 N–H and O–H groups in total. The maximum Gasteiger partial charge on any atom is 0.179 e. The van der Waals surface area contributed by atoms with Crippen LogP contribution < -0.4 is 20.7 Å². The molecule has 0 bridgehead atoms. The van der Waals surface area contributed by atoms with Crippen molar-refractivity contribution in [2.24, 2.45) is 0 Å². The molecule has 0 aliphatic heterocycles. The Kier molecular flexibility index (Phi) is 9.83. The first-order valence-corrected chi connectivity index (χ1v) is 29.3. The van der Waals surface area contributed by atoms with Crippen LogP contribution in [0.25, 0.3) is 114 Å². The lowest BCUT2D eigenvalue weighted by atomic mass is 9.98. The molecule has 0 aliphatic rings. The fraction of sp³-hybridized carbons (Fsp3) is 0. The lowest BCUT2D eigenvalue weighted by molar-refractivity contribution is 1.16. The number of fused-ring (bicyclic) bond motifs is 12. The third-order valence-corrected chi connectivity index (χ3v) is 22.3. The first kappa shape index (κ1) is 43.8. The fourth-order valence-electron chi connectivity index (χ4n) is 13.1. The molecule has 0 saturated heterocycles. The predicted octanol–water partition coefficient (Wildman–Crippen LogP) is 16.4. The second kappa shape index (κ2) is 17.3. The second-order valence-electron chi connectivity index (χ2n) is 20.4. The van der Waals surface area contributed by atoms with Crippen LogP contribution in [0.3, 0.4) is 0 Å². The summed E-state index contributed by atoms with van der Waals surface area (Å²) in [6.45, 7) is 0. The predicted molar refractivity (Wildman–Crippen MR) is 331 cm³/mol. The molecule has 16 rings (SSSR count). The highest BCUT2D eigenvalue weighted by Gasteiger charge is 2.41. The summed E-state index contributed by atoms with van der Waals surface area (Å²) < 4.78 is 10.1. The van der Waals surface area contributed by atoms with Crippen molar-refractivity contribution in [3.05, 3.63) is 285 Å². The second-order valence-corrected chi connectivity index (χ2v) is 25.3. The molecule has 4 aromatic heterocycles. The zero-order valence-electron chi connectivity index (χ0n) is 41.9. The minimum absolute atomic E-state index is 1.12. The van der Waals surface area contributed by atoms with Crippen LogP contribution in [0.5, 0.6) is 0 Å². The highest BCUT2D eigenvalue weighted by molar-refractivity contribution is 7.26. The van der Waals surface area contributed by atoms with Crippen LogP contribution in [0, 0.1) is 0 Å². The molecular weight excluding hydrogens is 967 g/mol. The molecule has 0 radical (unpaired) electrons. The van der Waals surface area contributed by atoms with E-state index in [0.717, 1.165) is 17.1 Å². The van der Waals surface area contributed by atoms with E-state index in [1.165, 1.54) is 117 Å². The van der Waals surface area contributed by atoms with Crippen molar-refractivity contribution >= 4 is 126 Å². The first-order chi connectivity index (χ1) is 38.2. The van der Waals surface area contributed by atoms with Gasteiger partial charge < -0.3 is 13.7 Å². The topological polar surface area (TPSA) is 14.8 Å². The molecule has 77 heavy (non-hydrogen) atoms. The minimum Gasteiger partial charge on any atom is -0.309 e. The van der Waals surface area contributed by atoms with Gasteiger partial charge in [-0.2, -0.15) is 0 Å². The zero-order chi connectivity index (χ0) is 50.6. The monoisotopic (exact) mass is 1010 g/mol. The Bertz CT molecular complexity index is 4840. The molecule has 0 aliphatic carbocycles. The number of benzene rings is 12. The van der Waals surface area contributed by atoms with E-state index in [4.69, 9.17) is 0 Å². The Morgan fingerprint density at radius 3 is 1.23 bits per heavy atom. The molecule has 0 amide bonds. The van der Waals surface area contributed by atoms with Crippen LogP contribution in [0.15, 0.2) is 285 Å². The van der Waals surface area contributed by atoms with Crippen molar-refractivity contribution in [2.75, 3.05) is 0 Å². The van der Waals surface area contributed by atoms with Gasteiger partial charge in [-0.1, -0.05) is 200 Å². The molecule has 0 fully saturated rings. The Labute approximate surface area is 450 Å². The highest BCUT2D eigenvalue weighted by Crippen LogP contribution is 2.44. The lowest BCUT2D eigenvalue weighted by Gasteiger charge is -2.34. The van der Waals surface area contributed by atoms with Crippen molar-refractivity contribution in [3.8, 4) is 28.2 Å². The normalized spacial score (nSPS) is 12.2. The van der Waals surface area contributed by atoms with E-state index in [2.05, 4.69) is 299 Å². The molecule has 12 aromatic carbocycles. The maximum absolute atomic E-state index is 2.80. The fourth-order valence-corrected chi connectivity index (χ4v) is 19.1. The van der Waals surface area contributed by atoms with Gasteiger partial charge in [-0.15, -0.1) is 11.3 Å². The standard InChI is InChI=1S/C72H47N3SSi/c1-4-21-52(22-5-1)77(53-23-6-2-7-24-53,54-25-8-3-9-26-54)55-27-18-20-49(45-55)73-66-35-16-12-30-59(66)62-47-51(40-42-67(62)73)75-68-43-39-50(74-64-33-14-10-28-57(64)58-29-11-15-34-65(58)74)46-63(68)60-41-38-48(44-69(60)75)56-32-19-37-71-72(56)61-31-13-17-36-70(61)76-71/h1-47H. The number of hydrogen-bond acceptors (Lipinski definition) is 1. The average molecular weight is 1010 g/mol. The quantitative estimate of drug-likeness (QED) is 0.106. The molecule has 0 spiro atoms. The minimum atomic E-state index is -2.80. The summed E-state index contributed by atoms with van der Waals surface area (Å²) in [5.74, 6) is 0. The van der Waals surface area contributed by atoms with Crippen LogP contribution in [0.4, 0.5) is 0 Å².